The van der Waals surface area contributed by atoms with Crippen LogP contribution in [0.3, 0.4) is 0 Å². The van der Waals surface area contributed by atoms with Gasteiger partial charge in [0.15, 0.2) is 0 Å². The molecule has 0 saturated carbocycles. The van der Waals surface area contributed by atoms with Crippen molar-refractivity contribution in [2.75, 3.05) is 13.7 Å². The molecule has 1 saturated heterocycles. The molecule has 1 unspecified atom stereocenters. The van der Waals surface area contributed by atoms with E-state index in [1.165, 1.54) is 0 Å². The number of ether oxygens (including phenoxy) is 1. The summed E-state index contributed by atoms with van der Waals surface area (Å²) in [5.41, 5.74) is -0.568. The second-order valence-electron chi connectivity index (χ2n) is 9.69. The minimum atomic E-state index is -1.52. The van der Waals surface area contributed by atoms with E-state index in [1.54, 1.807) is 7.11 Å². The number of methoxy groups -OCH3 is 1. The van der Waals surface area contributed by atoms with Crippen LogP contribution in [-0.2, 0) is 14.0 Å². The van der Waals surface area contributed by atoms with Gasteiger partial charge in [0.2, 0.25) is 0 Å². The van der Waals surface area contributed by atoms with Crippen molar-refractivity contribution >= 4 is 23.6 Å². The van der Waals surface area contributed by atoms with Crippen LogP contribution in [0.15, 0.2) is 0 Å². The average molecular weight is 359 g/mol. The Morgan fingerprint density at radius 3 is 1.61 bits per heavy atom. The first-order valence-electron chi connectivity index (χ1n) is 8.77. The fraction of sp³-hybridized carbons (Fsp3) is 1.00. The monoisotopic (exact) mass is 359 g/mol. The van der Waals surface area contributed by atoms with Crippen LogP contribution in [0.5, 0.6) is 0 Å². The fourth-order valence-corrected chi connectivity index (χ4v) is 14.2. The summed E-state index contributed by atoms with van der Waals surface area (Å²) < 4.78 is 21.0. The first-order chi connectivity index (χ1) is 10.1. The topological polar surface area (TPSA) is 30.9 Å². The van der Waals surface area contributed by atoms with Crippen molar-refractivity contribution in [3.8, 4) is 0 Å². The maximum atomic E-state index is 6.42. The van der Waals surface area contributed by atoms with E-state index in [9.17, 15) is 0 Å². The smallest absolute Gasteiger partial charge is 0.402 e. The van der Waals surface area contributed by atoms with Gasteiger partial charge in [-0.05, 0) is 34.1 Å². The first-order valence-corrected chi connectivity index (χ1v) is 15.7. The van der Waals surface area contributed by atoms with Crippen molar-refractivity contribution < 1.29 is 14.0 Å². The molecule has 4 nitrogen and oxygen atoms in total. The van der Waals surface area contributed by atoms with Crippen molar-refractivity contribution in [2.24, 2.45) is 0 Å². The zero-order chi connectivity index (χ0) is 18.3. The van der Waals surface area contributed by atoms with E-state index in [0.717, 1.165) is 13.0 Å². The van der Waals surface area contributed by atoms with Gasteiger partial charge in [0.1, 0.15) is 16.5 Å². The Kier molecular flexibility index (Phi) is 6.43. The van der Waals surface area contributed by atoms with Crippen LogP contribution in [-0.4, -0.2) is 58.7 Å². The summed E-state index contributed by atoms with van der Waals surface area (Å²) in [6, 6.07) is 0. The normalized spacial score (nSPS) is 22.7. The van der Waals surface area contributed by atoms with Crippen molar-refractivity contribution in [1.29, 1.82) is 0 Å². The predicted octanol–water partition coefficient (Wildman–Crippen LogP) is 3.99. The summed E-state index contributed by atoms with van der Waals surface area (Å²) in [5, 5.41) is 0. The Hall–Kier alpha value is 0.339. The Bertz CT molecular complexity index is 375. The molecule has 1 heterocycles. The predicted molar refractivity (Wildman–Crippen MR) is 105 cm³/mol. The molecule has 0 aliphatic carbocycles. The third kappa shape index (κ3) is 4.92. The number of hydrogen-bond acceptors (Lipinski definition) is 4. The summed E-state index contributed by atoms with van der Waals surface area (Å²) in [7, 11) is -1.45. The van der Waals surface area contributed by atoms with Crippen LogP contribution in [0.2, 0.25) is 39.3 Å². The third-order valence-electron chi connectivity index (χ3n) is 4.98. The summed E-state index contributed by atoms with van der Waals surface area (Å²) in [4.78, 5) is 0. The van der Waals surface area contributed by atoms with Gasteiger partial charge in [-0.3, -0.25) is 0 Å². The van der Waals surface area contributed by atoms with Gasteiger partial charge in [-0.1, -0.05) is 39.3 Å². The molecule has 1 fully saturated rings. The summed E-state index contributed by atoms with van der Waals surface area (Å²) in [6.45, 7) is 23.8. The molecule has 1 aliphatic rings. The SMILES string of the molecule is COCCC(B1OC(C)(C)C(C)(C)O1)N([Si](C)(C)C)[Si](C)(C)C. The first kappa shape index (κ1) is 21.4. The van der Waals surface area contributed by atoms with Crippen molar-refractivity contribution in [3.63, 3.8) is 0 Å². The Morgan fingerprint density at radius 2 is 1.30 bits per heavy atom. The highest BCUT2D eigenvalue weighted by Gasteiger charge is 2.56. The van der Waals surface area contributed by atoms with E-state index in [0.29, 0.717) is 0 Å². The molecule has 0 bridgehead atoms. The lowest BCUT2D eigenvalue weighted by Gasteiger charge is -2.49. The van der Waals surface area contributed by atoms with E-state index in [4.69, 9.17) is 14.0 Å². The molecule has 0 amide bonds. The maximum absolute atomic E-state index is 6.42. The molecule has 0 N–H and O–H groups in total. The fourth-order valence-electron chi connectivity index (χ4n) is 3.67. The molecule has 0 aromatic rings. The van der Waals surface area contributed by atoms with Gasteiger partial charge in [0.05, 0.1) is 11.2 Å². The van der Waals surface area contributed by atoms with Crippen molar-refractivity contribution in [1.82, 2.24) is 4.23 Å². The van der Waals surface area contributed by atoms with E-state index < -0.39 is 16.5 Å². The molecule has 0 aromatic carbocycles. The van der Waals surface area contributed by atoms with Gasteiger partial charge >= 0.3 is 7.12 Å². The van der Waals surface area contributed by atoms with E-state index in [-0.39, 0.29) is 24.3 Å². The van der Waals surface area contributed by atoms with E-state index in [1.807, 2.05) is 0 Å². The zero-order valence-corrected chi connectivity index (χ0v) is 19.2. The lowest BCUT2D eigenvalue weighted by Crippen LogP contribution is -2.67. The Morgan fingerprint density at radius 1 is 0.913 bits per heavy atom. The second-order valence-corrected chi connectivity index (χ2v) is 19.8. The van der Waals surface area contributed by atoms with Crippen LogP contribution in [0.4, 0.5) is 0 Å². The summed E-state index contributed by atoms with van der Waals surface area (Å²) in [6.07, 6.45) is 0.946. The average Bonchev–Trinajstić information content (AvgIpc) is 2.50. The highest BCUT2D eigenvalue weighted by atomic mass is 28.4. The highest BCUT2D eigenvalue weighted by Crippen LogP contribution is 2.40. The van der Waals surface area contributed by atoms with Gasteiger partial charge in [0, 0.05) is 19.7 Å². The van der Waals surface area contributed by atoms with Gasteiger partial charge in [-0.15, -0.1) is 0 Å². The quantitative estimate of drug-likeness (QED) is 0.643. The van der Waals surface area contributed by atoms with Crippen LogP contribution < -0.4 is 0 Å². The Balaban J connectivity index is 3.19. The largest absolute Gasteiger partial charge is 0.474 e. The number of rotatable bonds is 7. The van der Waals surface area contributed by atoms with E-state index >= 15 is 0 Å². The molecule has 1 rings (SSSR count). The second kappa shape index (κ2) is 6.92. The van der Waals surface area contributed by atoms with Crippen LogP contribution in [0.1, 0.15) is 34.1 Å². The van der Waals surface area contributed by atoms with Gasteiger partial charge < -0.3 is 18.3 Å². The lowest BCUT2D eigenvalue weighted by molar-refractivity contribution is 0.00578. The van der Waals surface area contributed by atoms with Gasteiger partial charge in [-0.25, -0.2) is 0 Å². The molecular weight excluding hydrogens is 321 g/mol. The lowest BCUT2D eigenvalue weighted by atomic mass is 9.77. The molecule has 0 aromatic heterocycles. The molecule has 136 valence electrons. The van der Waals surface area contributed by atoms with Crippen molar-refractivity contribution in [3.05, 3.63) is 0 Å². The van der Waals surface area contributed by atoms with Gasteiger partial charge in [0.25, 0.3) is 0 Å². The van der Waals surface area contributed by atoms with Crippen molar-refractivity contribution in [2.45, 2.75) is 90.5 Å². The minimum Gasteiger partial charge on any atom is -0.402 e. The standard InChI is InChI=1S/C16H38BNO3Si2/c1-15(2)16(3,4)21-17(20-15)14(12-13-19-5)18(22(6,7)8)23(9,10)11/h14H,12-13H2,1-11H3. The molecule has 0 spiro atoms. The Labute approximate surface area is 146 Å². The molecular formula is C16H38BNO3Si2. The molecule has 23 heavy (non-hydrogen) atoms. The minimum absolute atomic E-state index is 0.186. The molecule has 1 aliphatic heterocycles. The molecule has 0 radical (unpaired) electrons. The zero-order valence-electron chi connectivity index (χ0n) is 17.2. The highest BCUT2D eigenvalue weighted by molar-refractivity contribution is 6.90. The van der Waals surface area contributed by atoms with Gasteiger partial charge in [-0.2, -0.15) is 0 Å². The van der Waals surface area contributed by atoms with Crippen LogP contribution >= 0.6 is 0 Å². The summed E-state index contributed by atoms with van der Waals surface area (Å²) >= 11 is 0. The maximum Gasteiger partial charge on any atom is 0.474 e. The number of nitrogens with zero attached hydrogens (tertiary/aromatic N) is 1. The molecule has 1 atom stereocenters. The summed E-state index contributed by atoms with van der Waals surface area (Å²) in [5.74, 6) is 0.259. The van der Waals surface area contributed by atoms with Crippen LogP contribution in [0, 0.1) is 0 Å². The van der Waals surface area contributed by atoms with Crippen LogP contribution in [0.25, 0.3) is 0 Å². The number of hydrogen-bond donors (Lipinski definition) is 0. The third-order valence-corrected chi connectivity index (χ3v) is 12.6. The molecule has 7 heteroatoms. The van der Waals surface area contributed by atoms with E-state index in [2.05, 4.69) is 71.2 Å².